The Labute approximate surface area is 113 Å². The maximum Gasteiger partial charge on any atom is 0.329 e. The molecule has 1 atom stereocenters. The van der Waals surface area contributed by atoms with Crippen LogP contribution in [0.25, 0.3) is 0 Å². The molecule has 0 aliphatic heterocycles. The molecule has 19 heavy (non-hydrogen) atoms. The quantitative estimate of drug-likeness (QED) is 0.761. The van der Waals surface area contributed by atoms with Gasteiger partial charge in [-0.2, -0.15) is 0 Å². The topological polar surface area (TPSA) is 56.8 Å². The first-order valence-electron chi connectivity index (χ1n) is 6.18. The van der Waals surface area contributed by atoms with Gasteiger partial charge in [-0.25, -0.2) is 4.79 Å². The normalized spacial score (nSPS) is 13.5. The number of rotatable bonds is 7. The summed E-state index contributed by atoms with van der Waals surface area (Å²) in [7, 11) is 3.29. The highest BCUT2D eigenvalue weighted by Crippen LogP contribution is 2.20. The molecule has 106 valence electrons. The van der Waals surface area contributed by atoms with Crippen molar-refractivity contribution in [2.75, 3.05) is 27.4 Å². The summed E-state index contributed by atoms with van der Waals surface area (Å²) in [6.45, 7) is 4.03. The van der Waals surface area contributed by atoms with E-state index in [0.29, 0.717) is 18.1 Å². The maximum absolute atomic E-state index is 11.9. The largest absolute Gasteiger partial charge is 0.497 e. The monoisotopic (exact) mass is 267 g/mol. The number of carbonyl (C=O) groups excluding carboxylic acids is 1. The summed E-state index contributed by atoms with van der Waals surface area (Å²) in [5.41, 5.74) is -0.876. The van der Waals surface area contributed by atoms with Gasteiger partial charge in [0.1, 0.15) is 23.6 Å². The van der Waals surface area contributed by atoms with Crippen LogP contribution in [0.2, 0.25) is 0 Å². The Morgan fingerprint density at radius 2 is 2.05 bits per heavy atom. The van der Waals surface area contributed by atoms with Crippen LogP contribution in [0.15, 0.2) is 24.3 Å². The van der Waals surface area contributed by atoms with Crippen LogP contribution in [-0.4, -0.2) is 38.9 Å². The van der Waals surface area contributed by atoms with E-state index in [1.807, 2.05) is 18.2 Å². The summed E-state index contributed by atoms with van der Waals surface area (Å²) >= 11 is 0. The van der Waals surface area contributed by atoms with Gasteiger partial charge in [-0.3, -0.25) is 0 Å². The van der Waals surface area contributed by atoms with Crippen molar-refractivity contribution in [2.45, 2.75) is 19.4 Å². The van der Waals surface area contributed by atoms with E-state index in [1.54, 1.807) is 34.1 Å². The molecule has 0 spiro atoms. The minimum atomic E-state index is -0.876. The number of methoxy groups -OCH3 is 1. The first-order chi connectivity index (χ1) is 9.05. The molecule has 1 aromatic carbocycles. The van der Waals surface area contributed by atoms with Crippen molar-refractivity contribution in [3.8, 4) is 11.5 Å². The van der Waals surface area contributed by atoms with E-state index in [2.05, 4.69) is 5.32 Å². The molecule has 0 saturated heterocycles. The number of hydrogen-bond acceptors (Lipinski definition) is 5. The van der Waals surface area contributed by atoms with Gasteiger partial charge in [0.15, 0.2) is 0 Å². The second-order valence-corrected chi connectivity index (χ2v) is 4.27. The number of nitrogens with one attached hydrogen (secondary N) is 1. The van der Waals surface area contributed by atoms with E-state index in [0.717, 1.165) is 0 Å². The molecule has 1 N–H and O–H groups in total. The molecule has 0 saturated carbocycles. The summed E-state index contributed by atoms with van der Waals surface area (Å²) < 4.78 is 15.8. The van der Waals surface area contributed by atoms with Crippen LogP contribution in [0.3, 0.4) is 0 Å². The van der Waals surface area contributed by atoms with Crippen molar-refractivity contribution in [3.05, 3.63) is 24.3 Å². The van der Waals surface area contributed by atoms with Crippen molar-refractivity contribution in [2.24, 2.45) is 0 Å². The van der Waals surface area contributed by atoms with E-state index in [1.165, 1.54) is 0 Å². The molecule has 0 aliphatic rings. The second-order valence-electron chi connectivity index (χ2n) is 4.27. The number of likely N-dealkylation sites (N-methyl/N-ethyl adjacent to an activating group) is 1. The third kappa shape index (κ3) is 4.13. The van der Waals surface area contributed by atoms with E-state index in [4.69, 9.17) is 14.2 Å². The van der Waals surface area contributed by atoms with Crippen molar-refractivity contribution in [1.29, 1.82) is 0 Å². The molecular weight excluding hydrogens is 246 g/mol. The SMILES string of the molecule is CCOC(=O)C(C)(COc1cccc(OC)c1)NC. The second kappa shape index (κ2) is 6.99. The van der Waals surface area contributed by atoms with Crippen LogP contribution < -0.4 is 14.8 Å². The lowest BCUT2D eigenvalue weighted by atomic mass is 10.1. The predicted molar refractivity (Wildman–Crippen MR) is 72.6 cm³/mol. The Hall–Kier alpha value is -1.75. The molecule has 5 nitrogen and oxygen atoms in total. The number of hydrogen-bond donors (Lipinski definition) is 1. The smallest absolute Gasteiger partial charge is 0.329 e. The zero-order valence-electron chi connectivity index (χ0n) is 11.9. The lowest BCUT2D eigenvalue weighted by Crippen LogP contribution is -2.53. The van der Waals surface area contributed by atoms with Gasteiger partial charge < -0.3 is 19.5 Å². The molecule has 0 heterocycles. The number of esters is 1. The standard InChI is InChI=1S/C14H21NO4/c1-5-18-13(16)14(2,15-3)10-19-12-8-6-7-11(9-12)17-4/h6-9,15H,5,10H2,1-4H3. The summed E-state index contributed by atoms with van der Waals surface area (Å²) in [6, 6.07) is 7.23. The summed E-state index contributed by atoms with van der Waals surface area (Å²) in [6.07, 6.45) is 0. The van der Waals surface area contributed by atoms with E-state index in [-0.39, 0.29) is 12.6 Å². The van der Waals surface area contributed by atoms with Gasteiger partial charge in [-0.05, 0) is 33.0 Å². The van der Waals surface area contributed by atoms with E-state index in [9.17, 15) is 4.79 Å². The first-order valence-corrected chi connectivity index (χ1v) is 6.18. The Balaban J connectivity index is 2.69. The first kappa shape index (κ1) is 15.3. The Bertz CT molecular complexity index is 422. The van der Waals surface area contributed by atoms with Crippen LogP contribution in [0, 0.1) is 0 Å². The Morgan fingerprint density at radius 3 is 2.63 bits per heavy atom. The zero-order chi connectivity index (χ0) is 14.3. The molecule has 0 aromatic heterocycles. The molecule has 0 radical (unpaired) electrons. The van der Waals surface area contributed by atoms with Gasteiger partial charge >= 0.3 is 5.97 Å². The van der Waals surface area contributed by atoms with Gasteiger partial charge in [0.05, 0.1) is 13.7 Å². The third-order valence-electron chi connectivity index (χ3n) is 2.85. The third-order valence-corrected chi connectivity index (χ3v) is 2.85. The van der Waals surface area contributed by atoms with Crippen LogP contribution in [0.1, 0.15) is 13.8 Å². The molecule has 0 amide bonds. The molecule has 1 aromatic rings. The van der Waals surface area contributed by atoms with Gasteiger partial charge in [0.2, 0.25) is 0 Å². The maximum atomic E-state index is 11.9. The van der Waals surface area contributed by atoms with Crippen molar-refractivity contribution < 1.29 is 19.0 Å². The minimum Gasteiger partial charge on any atom is -0.497 e. The number of benzene rings is 1. The van der Waals surface area contributed by atoms with Crippen LogP contribution in [0.5, 0.6) is 11.5 Å². The Kier molecular flexibility index (Phi) is 5.63. The van der Waals surface area contributed by atoms with E-state index < -0.39 is 5.54 Å². The fraction of sp³-hybridized carbons (Fsp3) is 0.500. The fourth-order valence-corrected chi connectivity index (χ4v) is 1.44. The lowest BCUT2D eigenvalue weighted by Gasteiger charge is -2.26. The van der Waals surface area contributed by atoms with Gasteiger partial charge in [-0.15, -0.1) is 0 Å². The summed E-state index contributed by atoms with van der Waals surface area (Å²) in [5.74, 6) is 1.02. The van der Waals surface area contributed by atoms with Crippen molar-refractivity contribution >= 4 is 5.97 Å². The van der Waals surface area contributed by atoms with Gasteiger partial charge in [0.25, 0.3) is 0 Å². The molecule has 0 fully saturated rings. The molecule has 0 aliphatic carbocycles. The average molecular weight is 267 g/mol. The number of ether oxygens (including phenoxy) is 3. The zero-order valence-corrected chi connectivity index (χ0v) is 11.9. The molecule has 0 bridgehead atoms. The van der Waals surface area contributed by atoms with Crippen molar-refractivity contribution in [1.82, 2.24) is 5.32 Å². The number of carbonyl (C=O) groups is 1. The molecular formula is C14H21NO4. The molecule has 5 heteroatoms. The van der Waals surface area contributed by atoms with Crippen LogP contribution >= 0.6 is 0 Å². The van der Waals surface area contributed by atoms with E-state index >= 15 is 0 Å². The predicted octanol–water partition coefficient (Wildman–Crippen LogP) is 1.62. The minimum absolute atomic E-state index is 0.176. The highest BCUT2D eigenvalue weighted by atomic mass is 16.5. The summed E-state index contributed by atoms with van der Waals surface area (Å²) in [5, 5.41) is 2.93. The molecule has 1 rings (SSSR count). The average Bonchev–Trinajstić information content (AvgIpc) is 2.45. The van der Waals surface area contributed by atoms with Crippen LogP contribution in [0.4, 0.5) is 0 Å². The molecule has 1 unspecified atom stereocenters. The lowest BCUT2D eigenvalue weighted by molar-refractivity contribution is -0.151. The van der Waals surface area contributed by atoms with Gasteiger partial charge in [-0.1, -0.05) is 6.07 Å². The highest BCUT2D eigenvalue weighted by Gasteiger charge is 2.34. The van der Waals surface area contributed by atoms with Crippen molar-refractivity contribution in [3.63, 3.8) is 0 Å². The Morgan fingerprint density at radius 1 is 1.37 bits per heavy atom. The highest BCUT2D eigenvalue weighted by molar-refractivity contribution is 5.80. The van der Waals surface area contributed by atoms with Crippen LogP contribution in [-0.2, 0) is 9.53 Å². The fourth-order valence-electron chi connectivity index (χ4n) is 1.44. The van der Waals surface area contributed by atoms with Gasteiger partial charge in [0, 0.05) is 6.07 Å². The summed E-state index contributed by atoms with van der Waals surface area (Å²) in [4.78, 5) is 11.9.